The Kier molecular flexibility index (Phi) is 12.8. The minimum atomic E-state index is 0.0525. The minimum Gasteiger partial charge on any atom is -0.455 e. The molecule has 0 N–H and O–H groups in total. The first-order valence-corrected chi connectivity index (χ1v) is 32.6. The zero-order valence-corrected chi connectivity index (χ0v) is 52.4. The van der Waals surface area contributed by atoms with Crippen LogP contribution in [0.1, 0.15) is 26.3 Å². The molecule has 16 aromatic carbocycles. The van der Waals surface area contributed by atoms with Crippen molar-refractivity contribution in [1.82, 2.24) is 0 Å². The molecule has 2 heteroatoms. The maximum atomic E-state index is 7.24. The molecule has 0 bridgehead atoms. The molecule has 18 aromatic rings. The number of fused-ring (bicyclic) bond motifs is 10. The highest BCUT2D eigenvalue weighted by Crippen LogP contribution is 2.52. The first-order chi connectivity index (χ1) is 46.3. The molecule has 2 heterocycles. The van der Waals surface area contributed by atoms with E-state index in [4.69, 9.17) is 8.83 Å². The van der Waals surface area contributed by atoms with Gasteiger partial charge in [0, 0.05) is 32.7 Å². The Morgan fingerprint density at radius 1 is 0.202 bits per heavy atom. The predicted molar refractivity (Wildman–Crippen MR) is 399 cm³/mol. The summed E-state index contributed by atoms with van der Waals surface area (Å²) in [4.78, 5) is 0. The van der Waals surface area contributed by atoms with Gasteiger partial charge in [0.2, 0.25) is 0 Å². The van der Waals surface area contributed by atoms with Crippen molar-refractivity contribution in [1.29, 1.82) is 0 Å². The van der Waals surface area contributed by atoms with Gasteiger partial charge in [0.25, 0.3) is 0 Å². The average molecular weight is 1200 g/mol. The van der Waals surface area contributed by atoms with Crippen LogP contribution in [0.15, 0.2) is 330 Å². The van der Waals surface area contributed by atoms with E-state index in [-0.39, 0.29) is 5.41 Å². The van der Waals surface area contributed by atoms with E-state index in [1.165, 1.54) is 82.0 Å². The summed E-state index contributed by atoms with van der Waals surface area (Å²) in [7, 11) is 0. The van der Waals surface area contributed by atoms with Gasteiger partial charge in [0.15, 0.2) is 0 Å². The van der Waals surface area contributed by atoms with Crippen molar-refractivity contribution >= 4 is 87.0 Å². The van der Waals surface area contributed by atoms with Gasteiger partial charge in [-0.25, -0.2) is 0 Å². The molecular formula is C92H62O2. The molecule has 0 aliphatic carbocycles. The molecule has 0 aliphatic rings. The molecule has 94 heavy (non-hydrogen) atoms. The molecule has 0 saturated carbocycles. The van der Waals surface area contributed by atoms with E-state index in [0.29, 0.717) is 0 Å². The summed E-state index contributed by atoms with van der Waals surface area (Å²) in [6.07, 6.45) is 0. The highest BCUT2D eigenvalue weighted by molar-refractivity contribution is 6.28. The maximum absolute atomic E-state index is 7.24. The van der Waals surface area contributed by atoms with Gasteiger partial charge < -0.3 is 8.83 Å². The molecule has 0 atom stereocenters. The predicted octanol–water partition coefficient (Wildman–Crippen LogP) is 26.4. The molecule has 0 spiro atoms. The van der Waals surface area contributed by atoms with Crippen LogP contribution < -0.4 is 0 Å². The minimum absolute atomic E-state index is 0.0525. The quantitative estimate of drug-likeness (QED) is 0.135. The molecule has 2 nitrogen and oxygen atoms in total. The first kappa shape index (κ1) is 55.0. The fraction of sp³-hybridized carbons (Fsp3) is 0.0435. The Morgan fingerprint density at radius 2 is 0.553 bits per heavy atom. The first-order valence-electron chi connectivity index (χ1n) is 32.6. The van der Waals surface area contributed by atoms with E-state index in [1.54, 1.807) is 0 Å². The van der Waals surface area contributed by atoms with Gasteiger partial charge in [-0.1, -0.05) is 318 Å². The number of para-hydroxylation sites is 2. The summed E-state index contributed by atoms with van der Waals surface area (Å²) in [5, 5.41) is 14.1. The zero-order valence-electron chi connectivity index (χ0n) is 52.4. The fourth-order valence-corrected chi connectivity index (χ4v) is 15.3. The van der Waals surface area contributed by atoms with Gasteiger partial charge in [0.1, 0.15) is 22.3 Å². The van der Waals surface area contributed by atoms with Crippen LogP contribution in [0.4, 0.5) is 0 Å². The Labute approximate surface area is 545 Å². The third-order valence-corrected chi connectivity index (χ3v) is 19.7. The molecule has 0 amide bonds. The molecule has 0 saturated heterocycles. The third-order valence-electron chi connectivity index (χ3n) is 19.7. The second-order valence-corrected chi connectivity index (χ2v) is 26.1. The lowest BCUT2D eigenvalue weighted by Gasteiger charge is -2.19. The molecule has 0 aliphatic heterocycles. The van der Waals surface area contributed by atoms with Crippen LogP contribution in [0, 0.1) is 0 Å². The lowest BCUT2D eigenvalue weighted by Crippen LogP contribution is -2.10. The van der Waals surface area contributed by atoms with Crippen LogP contribution in [-0.4, -0.2) is 0 Å². The fourth-order valence-electron chi connectivity index (χ4n) is 15.3. The Bertz CT molecular complexity index is 5970. The molecule has 0 unspecified atom stereocenters. The summed E-state index contributed by atoms with van der Waals surface area (Å²) in [6.45, 7) is 6.79. The summed E-state index contributed by atoms with van der Waals surface area (Å²) < 4.78 is 14.3. The standard InChI is InChI=1S/C92H62O2/c1-92(2,3)65-51-47-60(48-52-65)67-35-19-39-78-89-77(38-22-41-82(89)93-90(67)78)87-73-34-18-15-31-70(73)85(62-27-11-6-12-28-62)74-54-50-64(56-81(74)87)58-43-45-59(46-44-58)66-53-49-63(57-23-7-4-8-24-57)55-80(66)75-36-20-40-79-88-76(37-21-42-83(88)94-91(75)79)86-71-32-16-13-29-68(71)84(61-25-9-5-10-26-61)69-30-14-17-33-72(69)86/h4-56H,1-3H3. The van der Waals surface area contributed by atoms with E-state index in [0.717, 1.165) is 111 Å². The van der Waals surface area contributed by atoms with E-state index < -0.39 is 0 Å². The van der Waals surface area contributed by atoms with Crippen molar-refractivity contribution in [2.75, 3.05) is 0 Å². The third kappa shape index (κ3) is 8.93. The SMILES string of the molecule is CC(C)(C)c1ccc(-c2cccc3c2oc2cccc(-c4c5ccccc5c(-c5ccccc5)c5ccc(-c6ccc(-c7ccc(-c8ccccc8)cc7-c7cccc8c7oc7cccc(-c9c%10ccccc%10c(-c%10ccccc%10)c%10ccccc9%10)c78)cc6)cc45)c23)cc1. The monoisotopic (exact) mass is 1200 g/mol. The Hall–Kier alpha value is -11.8. The van der Waals surface area contributed by atoms with E-state index in [2.05, 4.69) is 342 Å². The van der Waals surface area contributed by atoms with Gasteiger partial charge in [-0.05, 0) is 167 Å². The summed E-state index contributed by atoms with van der Waals surface area (Å²) >= 11 is 0. The number of benzene rings is 16. The van der Waals surface area contributed by atoms with Crippen LogP contribution >= 0.6 is 0 Å². The number of hydrogen-bond donors (Lipinski definition) is 0. The lowest BCUT2D eigenvalue weighted by atomic mass is 9.83. The summed E-state index contributed by atoms with van der Waals surface area (Å²) in [5.41, 5.74) is 25.6. The highest BCUT2D eigenvalue weighted by Gasteiger charge is 2.26. The van der Waals surface area contributed by atoms with Crippen LogP contribution in [-0.2, 0) is 5.41 Å². The lowest BCUT2D eigenvalue weighted by molar-refractivity contribution is 0.590. The number of hydrogen-bond acceptors (Lipinski definition) is 2. The van der Waals surface area contributed by atoms with Crippen molar-refractivity contribution in [2.24, 2.45) is 0 Å². The van der Waals surface area contributed by atoms with Gasteiger partial charge in [-0.3, -0.25) is 0 Å². The van der Waals surface area contributed by atoms with Crippen molar-refractivity contribution in [3.63, 3.8) is 0 Å². The molecule has 18 rings (SSSR count). The molecule has 442 valence electrons. The zero-order chi connectivity index (χ0) is 62.6. The van der Waals surface area contributed by atoms with Crippen molar-refractivity contribution < 1.29 is 8.83 Å². The van der Waals surface area contributed by atoms with Gasteiger partial charge in [-0.2, -0.15) is 0 Å². The van der Waals surface area contributed by atoms with Crippen molar-refractivity contribution in [2.45, 2.75) is 26.2 Å². The number of rotatable bonds is 9. The smallest absolute Gasteiger partial charge is 0.143 e. The molecular weight excluding hydrogens is 1140 g/mol. The topological polar surface area (TPSA) is 26.3 Å². The van der Waals surface area contributed by atoms with E-state index in [9.17, 15) is 0 Å². The van der Waals surface area contributed by atoms with Gasteiger partial charge in [0.05, 0.1) is 0 Å². The van der Waals surface area contributed by atoms with E-state index >= 15 is 0 Å². The van der Waals surface area contributed by atoms with Gasteiger partial charge >= 0.3 is 0 Å². The second kappa shape index (κ2) is 21.9. The maximum Gasteiger partial charge on any atom is 0.143 e. The highest BCUT2D eigenvalue weighted by atomic mass is 16.3. The molecule has 2 aromatic heterocycles. The van der Waals surface area contributed by atoms with Crippen molar-refractivity contribution in [3.8, 4) is 100 Å². The summed E-state index contributed by atoms with van der Waals surface area (Å²) in [5.74, 6) is 0. The van der Waals surface area contributed by atoms with Crippen LogP contribution in [0.25, 0.3) is 187 Å². The van der Waals surface area contributed by atoms with E-state index in [1.807, 2.05) is 0 Å². The molecule has 0 fully saturated rings. The van der Waals surface area contributed by atoms with Crippen LogP contribution in [0.5, 0.6) is 0 Å². The normalized spacial score (nSPS) is 12.0. The average Bonchev–Trinajstić information content (AvgIpc) is 1.26. The Balaban J connectivity index is 0.799. The van der Waals surface area contributed by atoms with Crippen molar-refractivity contribution in [3.05, 3.63) is 327 Å². The second-order valence-electron chi connectivity index (χ2n) is 26.1. The van der Waals surface area contributed by atoms with Gasteiger partial charge in [-0.15, -0.1) is 0 Å². The number of furan rings is 2. The van der Waals surface area contributed by atoms with Crippen LogP contribution in [0.3, 0.4) is 0 Å². The summed E-state index contributed by atoms with van der Waals surface area (Å²) in [6, 6.07) is 118. The van der Waals surface area contributed by atoms with Crippen LogP contribution in [0.2, 0.25) is 0 Å². The largest absolute Gasteiger partial charge is 0.455 e. The molecule has 0 radical (unpaired) electrons. The Morgan fingerprint density at radius 3 is 1.07 bits per heavy atom.